The van der Waals surface area contributed by atoms with E-state index in [1.54, 1.807) is 93.9 Å². The van der Waals surface area contributed by atoms with E-state index in [1.807, 2.05) is 100 Å². The number of halogens is 1. The SMILES string of the molecule is C=C(F)C(=O)Cc1cc2c(Nc3ccc(Oc4cc5nncn5cn4)c(C)c3)ncnc2cc1OCC.C=C(O)C(=O)Cc1ccc2ncnc(Nc3ccc(Oc4cc5nncn5cn4)c(C)c3)c2c1.CCC1COC(Cc2ccc3ncnc(Nc4ccc(Oc5cc6nncn6cn5)c(C)c4)c3c2)=N1. The largest absolute Gasteiger partial charge is 0.505 e. The van der Waals surface area contributed by atoms with Gasteiger partial charge in [-0.15, -0.1) is 30.6 Å². The van der Waals surface area contributed by atoms with Crippen LogP contribution in [0.1, 0.15) is 53.6 Å². The number of nitrogens with one attached hydrogen (secondary N) is 3. The first kappa shape index (κ1) is 69.7. The van der Waals surface area contributed by atoms with Gasteiger partial charge in [-0.2, -0.15) is 0 Å². The van der Waals surface area contributed by atoms with Crippen molar-refractivity contribution >= 4 is 102 Å². The maximum absolute atomic E-state index is 13.4. The number of anilines is 6. The molecule has 31 heteroatoms. The van der Waals surface area contributed by atoms with Gasteiger partial charge in [-0.1, -0.05) is 32.2 Å². The Kier molecular flexibility index (Phi) is 20.2. The van der Waals surface area contributed by atoms with Gasteiger partial charge in [-0.05, 0) is 147 Å². The molecule has 10 heterocycles. The standard InChI is InChI=1S/C26H22FN7O3.C26H24N8O2.C24H19N7O3/c1-4-36-23-10-20-19(8-17(23)9-21(35)16(3)27)26(29-12-28-20)32-18-5-6-22(15(2)7-18)37-25-11-24-33-31-14-34(24)13-30-25;1-3-18-12-35-25(31-18)10-17-4-6-21-20(9-17)26(28-13-27-21)32-19-5-7-22(16(2)8-19)36-24-11-23-33-30-15-34(23)14-29-24;1-14-7-17(4-6-21(14)34-23-10-22-30-28-13-31(22)12-27-23)29-24-18-8-16(9-20(33)15(2)32)3-5-19(18)25-11-26-24/h5-8,10-14H,3-4,9H2,1-2H3,(H,28,29,32);4-9,11,13-15,18H,3,10,12H2,1-2H3,(H,27,28,32);3-8,10-13,32H,2,9H2,1H3,(H,25,26,29). The molecule has 30 nitrogen and oxygen atoms in total. The van der Waals surface area contributed by atoms with E-state index in [0.717, 1.165) is 84.8 Å². The number of ketones is 2. The first-order valence-corrected chi connectivity index (χ1v) is 33.5. The minimum Gasteiger partial charge on any atom is -0.505 e. The number of aliphatic hydroxyl groups excluding tert-OH is 1. The molecule has 0 fully saturated rings. The van der Waals surface area contributed by atoms with Crippen molar-refractivity contribution in [2.24, 2.45) is 4.99 Å². The minimum atomic E-state index is -1.00. The molecule has 0 aliphatic carbocycles. The maximum Gasteiger partial charge on any atom is 0.224 e. The van der Waals surface area contributed by atoms with Gasteiger partial charge in [0, 0.05) is 82.3 Å². The summed E-state index contributed by atoms with van der Waals surface area (Å²) < 4.78 is 47.8. The van der Waals surface area contributed by atoms with Gasteiger partial charge in [0.05, 0.1) is 29.2 Å². The normalized spacial score (nSPS) is 12.4. The Balaban J connectivity index is 0.000000135. The number of carbonyl (C=O) groups excluding carboxylic acids is 2. The fraction of sp³-hybridized carbons (Fsp3) is 0.158. The fourth-order valence-electron chi connectivity index (χ4n) is 11.4. The number of aliphatic hydroxyl groups is 1. The van der Waals surface area contributed by atoms with Crippen LogP contribution in [0.25, 0.3) is 49.7 Å². The van der Waals surface area contributed by atoms with E-state index in [4.69, 9.17) is 23.7 Å². The Labute approximate surface area is 607 Å². The molecule has 15 aromatic rings. The number of aromatic nitrogens is 18. The molecule has 0 radical (unpaired) electrons. The number of aryl methyl sites for hydroxylation is 3. The van der Waals surface area contributed by atoms with Crippen molar-refractivity contribution in [1.82, 2.24) is 88.6 Å². The van der Waals surface area contributed by atoms with Crippen LogP contribution in [0.15, 0.2) is 208 Å². The molecule has 1 aliphatic heterocycles. The lowest BCUT2D eigenvalue weighted by Crippen LogP contribution is -2.06. The van der Waals surface area contributed by atoms with Crippen LogP contribution in [0.4, 0.5) is 38.9 Å². The summed E-state index contributed by atoms with van der Waals surface area (Å²) in [6.07, 6.45) is 15.5. The highest BCUT2D eigenvalue weighted by Crippen LogP contribution is 2.36. The van der Waals surface area contributed by atoms with Crippen molar-refractivity contribution < 1.29 is 42.8 Å². The van der Waals surface area contributed by atoms with E-state index < -0.39 is 23.2 Å². The number of fused-ring (bicyclic) bond motifs is 6. The van der Waals surface area contributed by atoms with Crippen molar-refractivity contribution in [1.29, 1.82) is 0 Å². The van der Waals surface area contributed by atoms with Crippen LogP contribution in [0.2, 0.25) is 0 Å². The molecule has 4 N–H and O–H groups in total. The lowest BCUT2D eigenvalue weighted by Gasteiger charge is -2.14. The number of benzene rings is 6. The predicted molar refractivity (Wildman–Crippen MR) is 396 cm³/mol. The zero-order valence-electron chi connectivity index (χ0n) is 58.2. The molecule has 0 saturated carbocycles. The van der Waals surface area contributed by atoms with Crippen LogP contribution in [0, 0.1) is 20.8 Å². The smallest absolute Gasteiger partial charge is 0.224 e. The molecule has 0 saturated heterocycles. The minimum absolute atomic E-state index is 0.0411. The van der Waals surface area contributed by atoms with E-state index >= 15 is 0 Å². The molecule has 1 atom stereocenters. The number of ether oxygens (including phenoxy) is 5. The van der Waals surface area contributed by atoms with Crippen LogP contribution in [0.3, 0.4) is 0 Å². The molecule has 107 heavy (non-hydrogen) atoms. The Hall–Kier alpha value is -14.4. The summed E-state index contributed by atoms with van der Waals surface area (Å²) in [5.41, 5.74) is 11.6. The van der Waals surface area contributed by atoms with Crippen LogP contribution in [0.5, 0.6) is 40.6 Å². The second-order valence-corrected chi connectivity index (χ2v) is 24.5. The first-order valence-electron chi connectivity index (χ1n) is 33.5. The van der Waals surface area contributed by atoms with Gasteiger partial charge >= 0.3 is 0 Å². The van der Waals surface area contributed by atoms with E-state index in [-0.39, 0.29) is 18.9 Å². The Morgan fingerprint density at radius 2 is 0.963 bits per heavy atom. The fourth-order valence-corrected chi connectivity index (χ4v) is 11.4. The Bertz CT molecular complexity index is 5950. The monoisotopic (exact) mass is 1430 g/mol. The van der Waals surface area contributed by atoms with Crippen LogP contribution in [-0.4, -0.2) is 130 Å². The molecule has 6 aromatic carbocycles. The number of Topliss-reactive ketones (excluding diaryl/α,β-unsaturated/α-hetero) is 2. The van der Waals surface area contributed by atoms with Crippen molar-refractivity contribution in [3.63, 3.8) is 0 Å². The van der Waals surface area contributed by atoms with Gasteiger partial charge in [0.2, 0.25) is 23.4 Å². The molecule has 0 amide bonds. The average Bonchev–Trinajstić information content (AvgIpc) is 1.67. The molecule has 534 valence electrons. The summed E-state index contributed by atoms with van der Waals surface area (Å²) in [5.74, 6) is 3.74. The molecule has 1 aliphatic rings. The highest BCUT2D eigenvalue weighted by atomic mass is 19.1. The Morgan fingerprint density at radius 3 is 1.39 bits per heavy atom. The number of rotatable bonds is 23. The summed E-state index contributed by atoms with van der Waals surface area (Å²) in [4.78, 5) is 67.7. The lowest BCUT2D eigenvalue weighted by molar-refractivity contribution is -0.117. The van der Waals surface area contributed by atoms with Crippen molar-refractivity contribution in [2.45, 2.75) is 66.3 Å². The lowest BCUT2D eigenvalue weighted by atomic mass is 10.0. The van der Waals surface area contributed by atoms with Crippen LogP contribution < -0.4 is 34.9 Å². The maximum atomic E-state index is 13.4. The van der Waals surface area contributed by atoms with Gasteiger partial charge < -0.3 is 44.7 Å². The molecule has 0 bridgehead atoms. The molecular formula is C76H65FN22O8. The van der Waals surface area contributed by atoms with Crippen molar-refractivity contribution in [3.8, 4) is 40.6 Å². The summed E-state index contributed by atoms with van der Waals surface area (Å²) >= 11 is 0. The van der Waals surface area contributed by atoms with Crippen molar-refractivity contribution in [3.05, 3.63) is 236 Å². The first-order chi connectivity index (χ1) is 52.0. The highest BCUT2D eigenvalue weighted by Gasteiger charge is 2.21. The second kappa shape index (κ2) is 31.1. The average molecular weight is 1430 g/mol. The third-order valence-electron chi connectivity index (χ3n) is 16.9. The van der Waals surface area contributed by atoms with Gasteiger partial charge in [-0.3, -0.25) is 22.8 Å². The molecule has 0 spiro atoms. The molecular weight excluding hydrogens is 1370 g/mol. The summed E-state index contributed by atoms with van der Waals surface area (Å²) in [7, 11) is 0. The van der Waals surface area contributed by atoms with Gasteiger partial charge in [0.25, 0.3) is 0 Å². The third kappa shape index (κ3) is 16.4. The molecule has 1 unspecified atom stereocenters. The van der Waals surface area contributed by atoms with E-state index in [2.05, 4.69) is 129 Å². The van der Waals surface area contributed by atoms with Gasteiger partial charge in [0.1, 0.15) is 104 Å². The topological polar surface area (TPSA) is 356 Å². The van der Waals surface area contributed by atoms with Crippen LogP contribution >= 0.6 is 0 Å². The zero-order valence-corrected chi connectivity index (χ0v) is 58.2. The summed E-state index contributed by atoms with van der Waals surface area (Å²) in [6, 6.07) is 37.5. The Morgan fingerprint density at radius 1 is 0.514 bits per heavy atom. The third-order valence-corrected chi connectivity index (χ3v) is 16.9. The number of allylic oxidation sites excluding steroid dienone is 2. The highest BCUT2D eigenvalue weighted by molar-refractivity contribution is 5.98. The van der Waals surface area contributed by atoms with Gasteiger partial charge in [0.15, 0.2) is 40.2 Å². The number of nitrogens with zero attached hydrogens (tertiary/aromatic N) is 19. The second-order valence-electron chi connectivity index (χ2n) is 24.5. The summed E-state index contributed by atoms with van der Waals surface area (Å²) in [5, 5.41) is 45.2. The number of aliphatic imine (C=N–C) groups is 1. The predicted octanol–water partition coefficient (Wildman–Crippen LogP) is 13.7. The quantitative estimate of drug-likeness (QED) is 0.0341. The summed E-state index contributed by atoms with van der Waals surface area (Å²) in [6.45, 7) is 17.2. The molecule has 9 aromatic heterocycles. The molecule has 16 rings (SSSR count). The van der Waals surface area contributed by atoms with E-state index in [1.165, 1.54) is 12.7 Å². The number of hydrogen-bond donors (Lipinski definition) is 4. The zero-order chi connectivity index (χ0) is 74.1. The number of hydrogen-bond acceptors (Lipinski definition) is 27. The van der Waals surface area contributed by atoms with E-state index in [9.17, 15) is 19.1 Å². The number of carbonyl (C=O) groups is 2. The van der Waals surface area contributed by atoms with Crippen LogP contribution in [-0.2, 0) is 33.6 Å². The van der Waals surface area contributed by atoms with E-state index in [0.29, 0.717) is 105 Å². The van der Waals surface area contributed by atoms with Gasteiger partial charge in [-0.25, -0.2) is 54.2 Å². The van der Waals surface area contributed by atoms with Crippen molar-refractivity contribution in [2.75, 3.05) is 29.2 Å².